The maximum absolute atomic E-state index is 9.22. The van der Waals surface area contributed by atoms with Gasteiger partial charge in [0.05, 0.1) is 17.5 Å². The number of nitrogens with zero attached hydrogens (tertiary/aromatic N) is 3. The van der Waals surface area contributed by atoms with Crippen molar-refractivity contribution < 1.29 is 5.11 Å². The molecule has 1 heterocycles. The second-order valence-electron chi connectivity index (χ2n) is 4.48. The summed E-state index contributed by atoms with van der Waals surface area (Å²) in [6, 6.07) is 2.15. The third-order valence-electron chi connectivity index (χ3n) is 2.75. The van der Waals surface area contributed by atoms with Gasteiger partial charge in [0.1, 0.15) is 0 Å². The summed E-state index contributed by atoms with van der Waals surface area (Å²) in [5.74, 6) is 0. The van der Waals surface area contributed by atoms with E-state index in [4.69, 9.17) is 0 Å². The van der Waals surface area contributed by atoms with Crippen molar-refractivity contribution >= 4 is 0 Å². The normalized spacial score (nSPS) is 13.4. The minimum Gasteiger partial charge on any atom is -0.393 e. The molecule has 16 heavy (non-hydrogen) atoms. The van der Waals surface area contributed by atoms with Crippen LogP contribution in [0, 0.1) is 0 Å². The largest absolute Gasteiger partial charge is 0.393 e. The predicted octanol–water partition coefficient (Wildman–Crippen LogP) is 1.19. The third kappa shape index (κ3) is 3.94. The van der Waals surface area contributed by atoms with E-state index in [2.05, 4.69) is 30.0 Å². The maximum Gasteiger partial charge on any atom is 0.0625 e. The van der Waals surface area contributed by atoms with E-state index < -0.39 is 0 Å². The van der Waals surface area contributed by atoms with Crippen LogP contribution in [0.2, 0.25) is 0 Å². The summed E-state index contributed by atoms with van der Waals surface area (Å²) in [7, 11) is 4.05. The summed E-state index contributed by atoms with van der Waals surface area (Å²) < 4.78 is 1.94. The van der Waals surface area contributed by atoms with Gasteiger partial charge in [-0.15, -0.1) is 0 Å². The lowest BCUT2D eigenvalue weighted by Gasteiger charge is -2.17. The van der Waals surface area contributed by atoms with Gasteiger partial charge in [0, 0.05) is 20.1 Å². The molecule has 0 saturated heterocycles. The van der Waals surface area contributed by atoms with Gasteiger partial charge >= 0.3 is 0 Å². The number of hydrogen-bond acceptors (Lipinski definition) is 3. The number of aliphatic hydroxyl groups is 1. The number of aromatic nitrogens is 2. The molecular formula is C12H23N3O. The Bertz CT molecular complexity index is 320. The summed E-state index contributed by atoms with van der Waals surface area (Å²) in [6.45, 7) is 5.73. The molecule has 0 spiro atoms. The average molecular weight is 225 g/mol. The Kier molecular flexibility index (Phi) is 4.96. The van der Waals surface area contributed by atoms with Gasteiger partial charge < -0.3 is 10.0 Å². The quantitative estimate of drug-likeness (QED) is 0.790. The molecule has 4 nitrogen and oxygen atoms in total. The molecule has 0 amide bonds. The lowest BCUT2D eigenvalue weighted by atomic mass is 10.2. The van der Waals surface area contributed by atoms with Crippen molar-refractivity contribution in [3.8, 4) is 0 Å². The molecule has 0 bridgehead atoms. The molecule has 92 valence electrons. The van der Waals surface area contributed by atoms with Gasteiger partial charge in [0.2, 0.25) is 0 Å². The number of hydrogen-bond donors (Lipinski definition) is 1. The van der Waals surface area contributed by atoms with Gasteiger partial charge in [-0.1, -0.05) is 6.92 Å². The molecule has 1 N–H and O–H groups in total. The van der Waals surface area contributed by atoms with E-state index in [1.165, 1.54) is 5.69 Å². The van der Waals surface area contributed by atoms with Crippen molar-refractivity contribution in [1.29, 1.82) is 0 Å². The second kappa shape index (κ2) is 6.01. The standard InChI is InChI=1S/C12H23N3O/c1-5-11-8-12(15(4)13-11)9-14(3)7-6-10(2)16/h8,10,16H,5-7,9H2,1-4H3. The summed E-state index contributed by atoms with van der Waals surface area (Å²) in [5, 5.41) is 13.6. The lowest BCUT2D eigenvalue weighted by Crippen LogP contribution is -2.23. The fourth-order valence-corrected chi connectivity index (χ4v) is 1.66. The van der Waals surface area contributed by atoms with Gasteiger partial charge in [0.15, 0.2) is 0 Å². The Balaban J connectivity index is 2.48. The summed E-state index contributed by atoms with van der Waals surface area (Å²) in [5.41, 5.74) is 2.37. The summed E-state index contributed by atoms with van der Waals surface area (Å²) in [6.07, 6.45) is 1.57. The molecule has 4 heteroatoms. The maximum atomic E-state index is 9.22. The minimum atomic E-state index is -0.222. The molecule has 0 aromatic carbocycles. The second-order valence-corrected chi connectivity index (χ2v) is 4.48. The molecule has 0 radical (unpaired) electrons. The first kappa shape index (κ1) is 13.2. The van der Waals surface area contributed by atoms with Gasteiger partial charge in [-0.3, -0.25) is 4.68 Å². The van der Waals surface area contributed by atoms with E-state index in [0.717, 1.165) is 31.6 Å². The molecule has 0 fully saturated rings. The number of rotatable bonds is 6. The fraction of sp³-hybridized carbons (Fsp3) is 0.750. The van der Waals surface area contributed by atoms with Crippen LogP contribution in [0.5, 0.6) is 0 Å². The van der Waals surface area contributed by atoms with E-state index in [-0.39, 0.29) is 6.10 Å². The highest BCUT2D eigenvalue weighted by Gasteiger charge is 2.07. The molecule has 1 aromatic rings. The van der Waals surface area contributed by atoms with E-state index in [1.807, 2.05) is 18.7 Å². The molecule has 1 unspecified atom stereocenters. The molecule has 0 aliphatic rings. The van der Waals surface area contributed by atoms with Crippen molar-refractivity contribution in [2.24, 2.45) is 7.05 Å². The van der Waals surface area contributed by atoms with Gasteiger partial charge in [-0.05, 0) is 32.9 Å². The monoisotopic (exact) mass is 225 g/mol. The molecule has 1 aromatic heterocycles. The van der Waals surface area contributed by atoms with Crippen molar-refractivity contribution in [1.82, 2.24) is 14.7 Å². The molecule has 0 aliphatic carbocycles. The highest BCUT2D eigenvalue weighted by molar-refractivity contribution is 5.09. The summed E-state index contributed by atoms with van der Waals surface area (Å²) >= 11 is 0. The van der Waals surface area contributed by atoms with Crippen LogP contribution in [0.4, 0.5) is 0 Å². The van der Waals surface area contributed by atoms with Crippen molar-refractivity contribution in [3.05, 3.63) is 17.5 Å². The third-order valence-corrected chi connectivity index (χ3v) is 2.75. The van der Waals surface area contributed by atoms with Crippen LogP contribution in [-0.4, -0.2) is 39.5 Å². The van der Waals surface area contributed by atoms with Crippen LogP contribution in [-0.2, 0) is 20.0 Å². The first-order chi connectivity index (χ1) is 7.52. The molecule has 1 atom stereocenters. The van der Waals surface area contributed by atoms with Crippen molar-refractivity contribution in [2.75, 3.05) is 13.6 Å². The Morgan fingerprint density at radius 3 is 2.75 bits per heavy atom. The van der Waals surface area contributed by atoms with Gasteiger partial charge in [-0.25, -0.2) is 0 Å². The highest BCUT2D eigenvalue weighted by Crippen LogP contribution is 2.07. The Morgan fingerprint density at radius 1 is 1.56 bits per heavy atom. The molecule has 1 rings (SSSR count). The molecular weight excluding hydrogens is 202 g/mol. The van der Waals surface area contributed by atoms with Crippen LogP contribution in [0.1, 0.15) is 31.7 Å². The highest BCUT2D eigenvalue weighted by atomic mass is 16.3. The SMILES string of the molecule is CCc1cc(CN(C)CCC(C)O)n(C)n1. The predicted molar refractivity (Wildman–Crippen MR) is 65.2 cm³/mol. The fourth-order valence-electron chi connectivity index (χ4n) is 1.66. The van der Waals surface area contributed by atoms with Gasteiger partial charge in [-0.2, -0.15) is 5.10 Å². The first-order valence-electron chi connectivity index (χ1n) is 5.91. The lowest BCUT2D eigenvalue weighted by molar-refractivity contribution is 0.162. The van der Waals surface area contributed by atoms with E-state index in [0.29, 0.717) is 0 Å². The van der Waals surface area contributed by atoms with E-state index >= 15 is 0 Å². The van der Waals surface area contributed by atoms with Crippen LogP contribution >= 0.6 is 0 Å². The zero-order valence-electron chi connectivity index (χ0n) is 10.8. The minimum absolute atomic E-state index is 0.222. The van der Waals surface area contributed by atoms with Crippen LogP contribution in [0.15, 0.2) is 6.07 Å². The molecule has 0 saturated carbocycles. The Labute approximate surface area is 97.9 Å². The van der Waals surface area contributed by atoms with Crippen LogP contribution < -0.4 is 0 Å². The topological polar surface area (TPSA) is 41.3 Å². The first-order valence-corrected chi connectivity index (χ1v) is 5.91. The number of aliphatic hydroxyl groups excluding tert-OH is 1. The van der Waals surface area contributed by atoms with Crippen molar-refractivity contribution in [3.63, 3.8) is 0 Å². The zero-order valence-corrected chi connectivity index (χ0v) is 10.8. The van der Waals surface area contributed by atoms with Crippen LogP contribution in [0.3, 0.4) is 0 Å². The Hall–Kier alpha value is -0.870. The van der Waals surface area contributed by atoms with Crippen molar-refractivity contribution in [2.45, 2.75) is 39.3 Å². The molecule has 0 aliphatic heterocycles. The summed E-state index contributed by atoms with van der Waals surface area (Å²) in [4.78, 5) is 2.21. The number of aryl methyl sites for hydroxylation is 2. The average Bonchev–Trinajstić information content (AvgIpc) is 2.57. The van der Waals surface area contributed by atoms with E-state index in [1.54, 1.807) is 0 Å². The van der Waals surface area contributed by atoms with Gasteiger partial charge in [0.25, 0.3) is 0 Å². The van der Waals surface area contributed by atoms with Crippen LogP contribution in [0.25, 0.3) is 0 Å². The Morgan fingerprint density at radius 2 is 2.25 bits per heavy atom. The zero-order chi connectivity index (χ0) is 12.1. The van der Waals surface area contributed by atoms with E-state index in [9.17, 15) is 5.11 Å². The smallest absolute Gasteiger partial charge is 0.0625 e.